The van der Waals surface area contributed by atoms with E-state index < -0.39 is 11.8 Å². The molecule has 6 heteroatoms. The standard InChI is InChI=1S/C14H19N3O3/c1-2-17(12-7-4-3-5-8-12)14(20)13(19)16-10-6-9-15-11-18/h3-5,7-8,11H,2,6,9-10H2,1H3,(H,15,18)(H,16,19). The van der Waals surface area contributed by atoms with E-state index in [9.17, 15) is 14.4 Å². The van der Waals surface area contributed by atoms with Gasteiger partial charge in [-0.25, -0.2) is 0 Å². The number of rotatable bonds is 7. The van der Waals surface area contributed by atoms with Crippen molar-refractivity contribution in [1.29, 1.82) is 0 Å². The average molecular weight is 277 g/mol. The fraction of sp³-hybridized carbons (Fsp3) is 0.357. The Labute approximate surface area is 118 Å². The Balaban J connectivity index is 2.50. The van der Waals surface area contributed by atoms with E-state index >= 15 is 0 Å². The lowest BCUT2D eigenvalue weighted by atomic mass is 10.2. The van der Waals surface area contributed by atoms with Crippen molar-refractivity contribution in [3.8, 4) is 0 Å². The lowest BCUT2D eigenvalue weighted by Crippen LogP contribution is -2.43. The van der Waals surface area contributed by atoms with Gasteiger partial charge in [0, 0.05) is 25.3 Å². The van der Waals surface area contributed by atoms with Crippen molar-refractivity contribution in [3.05, 3.63) is 30.3 Å². The summed E-state index contributed by atoms with van der Waals surface area (Å²) in [6, 6.07) is 9.04. The normalized spacial score (nSPS) is 9.65. The summed E-state index contributed by atoms with van der Waals surface area (Å²) in [4.78, 5) is 35.2. The van der Waals surface area contributed by atoms with Crippen LogP contribution in [0.3, 0.4) is 0 Å². The monoisotopic (exact) mass is 277 g/mol. The first-order chi connectivity index (χ1) is 9.70. The molecule has 0 radical (unpaired) electrons. The number of nitrogens with zero attached hydrogens (tertiary/aromatic N) is 1. The SMILES string of the molecule is CCN(C(=O)C(=O)NCCCNC=O)c1ccccc1. The molecular weight excluding hydrogens is 258 g/mol. The number of para-hydroxylation sites is 1. The smallest absolute Gasteiger partial charge is 0.316 e. The van der Waals surface area contributed by atoms with Gasteiger partial charge < -0.3 is 15.5 Å². The van der Waals surface area contributed by atoms with E-state index in [1.165, 1.54) is 4.90 Å². The third-order valence-electron chi connectivity index (χ3n) is 2.69. The van der Waals surface area contributed by atoms with Crippen LogP contribution in [0.4, 0.5) is 5.69 Å². The highest BCUT2D eigenvalue weighted by molar-refractivity contribution is 6.40. The molecule has 1 rings (SSSR count). The quantitative estimate of drug-likeness (QED) is 0.427. The molecule has 1 aromatic carbocycles. The maximum Gasteiger partial charge on any atom is 0.316 e. The molecule has 0 spiro atoms. The second kappa shape index (κ2) is 8.68. The molecule has 0 aliphatic rings. The van der Waals surface area contributed by atoms with Crippen LogP contribution in [0.25, 0.3) is 0 Å². The Morgan fingerprint density at radius 3 is 2.50 bits per heavy atom. The maximum absolute atomic E-state index is 12.0. The molecule has 0 unspecified atom stereocenters. The van der Waals surface area contributed by atoms with Crippen LogP contribution in [0, 0.1) is 0 Å². The van der Waals surface area contributed by atoms with Crippen molar-refractivity contribution in [2.45, 2.75) is 13.3 Å². The third kappa shape index (κ3) is 4.72. The van der Waals surface area contributed by atoms with Gasteiger partial charge in [-0.1, -0.05) is 18.2 Å². The molecule has 0 heterocycles. The molecule has 1 aromatic rings. The summed E-state index contributed by atoms with van der Waals surface area (Å²) in [7, 11) is 0. The fourth-order valence-electron chi connectivity index (χ4n) is 1.70. The van der Waals surface area contributed by atoms with Gasteiger partial charge in [0.1, 0.15) is 0 Å². The molecule has 0 saturated heterocycles. The molecule has 0 aromatic heterocycles. The van der Waals surface area contributed by atoms with Gasteiger partial charge >= 0.3 is 11.8 Å². The predicted molar refractivity (Wildman–Crippen MR) is 76.2 cm³/mol. The van der Waals surface area contributed by atoms with E-state index in [0.717, 1.165) is 0 Å². The minimum atomic E-state index is -0.637. The topological polar surface area (TPSA) is 78.5 Å². The summed E-state index contributed by atoms with van der Waals surface area (Å²) in [6.07, 6.45) is 1.18. The molecule has 0 aliphatic carbocycles. The summed E-state index contributed by atoms with van der Waals surface area (Å²) < 4.78 is 0. The van der Waals surface area contributed by atoms with Crippen LogP contribution < -0.4 is 15.5 Å². The highest BCUT2D eigenvalue weighted by atomic mass is 16.2. The van der Waals surface area contributed by atoms with Crippen molar-refractivity contribution < 1.29 is 14.4 Å². The van der Waals surface area contributed by atoms with Gasteiger partial charge in [-0.2, -0.15) is 0 Å². The highest BCUT2D eigenvalue weighted by Gasteiger charge is 2.21. The summed E-state index contributed by atoms with van der Waals surface area (Å²) >= 11 is 0. The van der Waals surface area contributed by atoms with Crippen molar-refractivity contribution >= 4 is 23.9 Å². The first kappa shape index (κ1) is 15.7. The first-order valence-corrected chi connectivity index (χ1v) is 6.52. The number of benzene rings is 1. The molecule has 0 atom stereocenters. The van der Waals surface area contributed by atoms with Crippen LogP contribution >= 0.6 is 0 Å². The van der Waals surface area contributed by atoms with Gasteiger partial charge in [-0.3, -0.25) is 14.4 Å². The Hall–Kier alpha value is -2.37. The molecule has 108 valence electrons. The molecule has 2 N–H and O–H groups in total. The van der Waals surface area contributed by atoms with Gasteiger partial charge in [-0.05, 0) is 25.5 Å². The number of hydrogen-bond donors (Lipinski definition) is 2. The highest BCUT2D eigenvalue weighted by Crippen LogP contribution is 2.12. The van der Waals surface area contributed by atoms with Crippen LogP contribution in [0.2, 0.25) is 0 Å². The second-order valence-electron chi connectivity index (χ2n) is 4.07. The van der Waals surface area contributed by atoms with E-state index in [4.69, 9.17) is 0 Å². The summed E-state index contributed by atoms with van der Waals surface area (Å²) in [5.74, 6) is -1.22. The van der Waals surface area contributed by atoms with Gasteiger partial charge in [0.05, 0.1) is 0 Å². The van der Waals surface area contributed by atoms with Gasteiger partial charge in [0.25, 0.3) is 0 Å². The van der Waals surface area contributed by atoms with Crippen LogP contribution in [0.15, 0.2) is 30.3 Å². The zero-order valence-electron chi connectivity index (χ0n) is 11.5. The minimum Gasteiger partial charge on any atom is -0.359 e. The molecule has 0 bridgehead atoms. The van der Waals surface area contributed by atoms with E-state index in [-0.39, 0.29) is 0 Å². The summed E-state index contributed by atoms with van der Waals surface area (Å²) in [6.45, 7) is 3.04. The number of amides is 3. The molecule has 0 aliphatic heterocycles. The molecule has 6 nitrogen and oxygen atoms in total. The zero-order valence-corrected chi connectivity index (χ0v) is 11.5. The summed E-state index contributed by atoms with van der Waals surface area (Å²) in [5, 5.41) is 5.02. The van der Waals surface area contributed by atoms with E-state index in [0.29, 0.717) is 38.2 Å². The number of nitrogens with one attached hydrogen (secondary N) is 2. The molecule has 0 saturated carbocycles. The van der Waals surface area contributed by atoms with Crippen LogP contribution in [-0.2, 0) is 14.4 Å². The lowest BCUT2D eigenvalue weighted by molar-refractivity contribution is -0.137. The first-order valence-electron chi connectivity index (χ1n) is 6.52. The van der Waals surface area contributed by atoms with Crippen LogP contribution in [0.1, 0.15) is 13.3 Å². The maximum atomic E-state index is 12.0. The number of carbonyl (C=O) groups is 3. The number of hydrogen-bond acceptors (Lipinski definition) is 3. The fourth-order valence-corrected chi connectivity index (χ4v) is 1.70. The predicted octanol–water partition coefficient (Wildman–Crippen LogP) is 0.292. The van der Waals surface area contributed by atoms with Crippen LogP contribution in [0.5, 0.6) is 0 Å². The van der Waals surface area contributed by atoms with Gasteiger partial charge in [0.15, 0.2) is 0 Å². The Morgan fingerprint density at radius 2 is 1.90 bits per heavy atom. The van der Waals surface area contributed by atoms with E-state index in [1.807, 2.05) is 25.1 Å². The Morgan fingerprint density at radius 1 is 1.20 bits per heavy atom. The zero-order chi connectivity index (χ0) is 14.8. The second-order valence-corrected chi connectivity index (χ2v) is 4.07. The molecular formula is C14H19N3O3. The number of likely N-dealkylation sites (N-methyl/N-ethyl adjacent to an activating group) is 1. The Bertz CT molecular complexity index is 448. The van der Waals surface area contributed by atoms with Crippen molar-refractivity contribution in [3.63, 3.8) is 0 Å². The van der Waals surface area contributed by atoms with Gasteiger partial charge in [0.2, 0.25) is 6.41 Å². The summed E-state index contributed by atoms with van der Waals surface area (Å²) in [5.41, 5.74) is 0.692. The average Bonchev–Trinajstić information content (AvgIpc) is 2.48. The molecule has 20 heavy (non-hydrogen) atoms. The Kier molecular flexibility index (Phi) is 6.81. The molecule has 0 fully saturated rings. The van der Waals surface area contributed by atoms with Crippen LogP contribution in [-0.4, -0.2) is 37.9 Å². The van der Waals surface area contributed by atoms with E-state index in [1.54, 1.807) is 12.1 Å². The lowest BCUT2D eigenvalue weighted by Gasteiger charge is -2.20. The van der Waals surface area contributed by atoms with Crippen molar-refractivity contribution in [2.75, 3.05) is 24.5 Å². The third-order valence-corrected chi connectivity index (χ3v) is 2.69. The largest absolute Gasteiger partial charge is 0.359 e. The molecule has 3 amide bonds. The van der Waals surface area contributed by atoms with E-state index in [2.05, 4.69) is 10.6 Å². The number of carbonyl (C=O) groups excluding carboxylic acids is 3. The van der Waals surface area contributed by atoms with Crippen molar-refractivity contribution in [1.82, 2.24) is 10.6 Å². The minimum absolute atomic E-state index is 0.345. The van der Waals surface area contributed by atoms with Gasteiger partial charge in [-0.15, -0.1) is 0 Å². The van der Waals surface area contributed by atoms with Crippen molar-refractivity contribution in [2.24, 2.45) is 0 Å². The number of anilines is 1.